The Hall–Kier alpha value is -0.470. The molecular formula is C11H15NS. The van der Waals surface area contributed by atoms with Gasteiger partial charge in [0.1, 0.15) is 0 Å². The van der Waals surface area contributed by atoms with Gasteiger partial charge in [-0.15, -0.1) is 0 Å². The maximum absolute atomic E-state index is 6.08. The molecule has 70 valence electrons. The largest absolute Gasteiger partial charge is 0.323 e. The molecule has 0 aliphatic carbocycles. The lowest BCUT2D eigenvalue weighted by molar-refractivity contribution is 0.800. The van der Waals surface area contributed by atoms with Gasteiger partial charge in [-0.3, -0.25) is 0 Å². The van der Waals surface area contributed by atoms with Gasteiger partial charge in [0.25, 0.3) is 0 Å². The lowest BCUT2D eigenvalue weighted by Gasteiger charge is -2.24. The van der Waals surface area contributed by atoms with Gasteiger partial charge in [0, 0.05) is 17.5 Å². The standard InChI is InChI=1S/C11H15NS/c1-7-3-8(2)11-9(4-7)5-13-6-10(11)12/h3-4,10H,5-6,12H2,1-2H3/t10-/m1/s1. The van der Waals surface area contributed by atoms with Gasteiger partial charge in [0.15, 0.2) is 0 Å². The monoisotopic (exact) mass is 193 g/mol. The second kappa shape index (κ2) is 3.35. The van der Waals surface area contributed by atoms with Crippen molar-refractivity contribution in [3.05, 3.63) is 34.4 Å². The molecule has 1 heterocycles. The van der Waals surface area contributed by atoms with Crippen LogP contribution in [0.3, 0.4) is 0 Å². The third kappa shape index (κ3) is 1.61. The number of fused-ring (bicyclic) bond motifs is 1. The van der Waals surface area contributed by atoms with Crippen LogP contribution < -0.4 is 5.73 Å². The number of benzene rings is 1. The van der Waals surface area contributed by atoms with Gasteiger partial charge in [0.05, 0.1) is 0 Å². The van der Waals surface area contributed by atoms with E-state index in [-0.39, 0.29) is 6.04 Å². The average Bonchev–Trinajstić information content (AvgIpc) is 2.02. The first-order chi connectivity index (χ1) is 6.18. The Morgan fingerprint density at radius 1 is 1.38 bits per heavy atom. The lowest BCUT2D eigenvalue weighted by Crippen LogP contribution is -2.20. The topological polar surface area (TPSA) is 26.0 Å². The van der Waals surface area contributed by atoms with E-state index in [9.17, 15) is 0 Å². The Labute approximate surface area is 83.7 Å². The molecule has 0 aromatic heterocycles. The quantitative estimate of drug-likeness (QED) is 0.685. The highest BCUT2D eigenvalue weighted by Crippen LogP contribution is 2.33. The molecule has 13 heavy (non-hydrogen) atoms. The molecule has 0 bridgehead atoms. The Bertz CT molecular complexity index is 333. The summed E-state index contributed by atoms with van der Waals surface area (Å²) in [5.41, 5.74) is 11.6. The summed E-state index contributed by atoms with van der Waals surface area (Å²) in [5, 5.41) is 0. The van der Waals surface area contributed by atoms with Crippen molar-refractivity contribution < 1.29 is 0 Å². The SMILES string of the molecule is Cc1cc(C)c2c(c1)CSC[C@H]2N. The zero-order chi connectivity index (χ0) is 9.42. The smallest absolute Gasteiger partial charge is 0.0392 e. The van der Waals surface area contributed by atoms with Crippen LogP contribution in [0.15, 0.2) is 12.1 Å². The zero-order valence-electron chi connectivity index (χ0n) is 8.13. The van der Waals surface area contributed by atoms with Crippen molar-refractivity contribution in [3.63, 3.8) is 0 Å². The molecule has 0 fully saturated rings. The van der Waals surface area contributed by atoms with Gasteiger partial charge in [0.2, 0.25) is 0 Å². The van der Waals surface area contributed by atoms with Crippen LogP contribution in [0.4, 0.5) is 0 Å². The van der Waals surface area contributed by atoms with E-state index in [2.05, 4.69) is 26.0 Å². The Morgan fingerprint density at radius 3 is 2.92 bits per heavy atom. The highest BCUT2D eigenvalue weighted by molar-refractivity contribution is 7.98. The van der Waals surface area contributed by atoms with Crippen molar-refractivity contribution in [3.8, 4) is 0 Å². The maximum atomic E-state index is 6.08. The van der Waals surface area contributed by atoms with Crippen LogP contribution in [0.2, 0.25) is 0 Å². The summed E-state index contributed by atoms with van der Waals surface area (Å²) >= 11 is 1.94. The van der Waals surface area contributed by atoms with E-state index < -0.39 is 0 Å². The fourth-order valence-corrected chi connectivity index (χ4v) is 3.09. The van der Waals surface area contributed by atoms with Crippen molar-refractivity contribution in [1.29, 1.82) is 0 Å². The summed E-state index contributed by atoms with van der Waals surface area (Å²) in [6, 6.07) is 4.75. The number of hydrogen-bond acceptors (Lipinski definition) is 2. The molecular weight excluding hydrogens is 178 g/mol. The van der Waals surface area contributed by atoms with E-state index >= 15 is 0 Å². The Morgan fingerprint density at radius 2 is 2.15 bits per heavy atom. The van der Waals surface area contributed by atoms with Crippen LogP contribution in [0.1, 0.15) is 28.3 Å². The number of hydrogen-bond donors (Lipinski definition) is 1. The third-order valence-electron chi connectivity index (χ3n) is 2.54. The van der Waals surface area contributed by atoms with Crippen LogP contribution in [0, 0.1) is 13.8 Å². The van der Waals surface area contributed by atoms with Gasteiger partial charge in [-0.1, -0.05) is 17.7 Å². The molecule has 0 spiro atoms. The molecule has 0 saturated heterocycles. The van der Waals surface area contributed by atoms with E-state index in [4.69, 9.17) is 5.73 Å². The minimum atomic E-state index is 0.245. The van der Waals surface area contributed by atoms with Crippen LogP contribution >= 0.6 is 11.8 Å². The first kappa shape index (κ1) is 9.10. The predicted octanol–water partition coefficient (Wildman–Crippen LogP) is 2.55. The van der Waals surface area contributed by atoms with Crippen molar-refractivity contribution in [2.75, 3.05) is 5.75 Å². The molecule has 1 aromatic rings. The molecule has 1 aromatic carbocycles. The van der Waals surface area contributed by atoms with Crippen molar-refractivity contribution >= 4 is 11.8 Å². The highest BCUT2D eigenvalue weighted by atomic mass is 32.2. The van der Waals surface area contributed by atoms with Crippen molar-refractivity contribution in [1.82, 2.24) is 0 Å². The Kier molecular flexibility index (Phi) is 2.35. The van der Waals surface area contributed by atoms with Gasteiger partial charge in [-0.05, 0) is 30.5 Å². The predicted molar refractivity (Wildman–Crippen MR) is 59.0 cm³/mol. The summed E-state index contributed by atoms with van der Waals surface area (Å²) in [6.45, 7) is 4.32. The lowest BCUT2D eigenvalue weighted by atomic mass is 9.95. The van der Waals surface area contributed by atoms with Crippen LogP contribution in [0.5, 0.6) is 0 Å². The van der Waals surface area contributed by atoms with E-state index in [1.807, 2.05) is 11.8 Å². The van der Waals surface area contributed by atoms with Crippen molar-refractivity contribution in [2.45, 2.75) is 25.6 Å². The summed E-state index contributed by atoms with van der Waals surface area (Å²) in [4.78, 5) is 0. The van der Waals surface area contributed by atoms with E-state index in [1.165, 1.54) is 22.3 Å². The first-order valence-electron chi connectivity index (χ1n) is 4.62. The fraction of sp³-hybridized carbons (Fsp3) is 0.455. The van der Waals surface area contributed by atoms with E-state index in [1.54, 1.807) is 0 Å². The molecule has 0 amide bonds. The second-order valence-electron chi connectivity index (χ2n) is 3.78. The average molecular weight is 193 g/mol. The minimum Gasteiger partial charge on any atom is -0.323 e. The zero-order valence-corrected chi connectivity index (χ0v) is 8.95. The fourth-order valence-electron chi connectivity index (χ4n) is 2.10. The summed E-state index contributed by atoms with van der Waals surface area (Å²) in [5.74, 6) is 2.20. The summed E-state index contributed by atoms with van der Waals surface area (Å²) in [7, 11) is 0. The first-order valence-corrected chi connectivity index (χ1v) is 5.77. The van der Waals surface area contributed by atoms with Crippen LogP contribution in [-0.2, 0) is 5.75 Å². The van der Waals surface area contributed by atoms with Gasteiger partial charge >= 0.3 is 0 Å². The molecule has 1 aliphatic rings. The van der Waals surface area contributed by atoms with E-state index in [0.717, 1.165) is 11.5 Å². The van der Waals surface area contributed by atoms with Crippen molar-refractivity contribution in [2.24, 2.45) is 5.73 Å². The number of thioether (sulfide) groups is 1. The molecule has 0 radical (unpaired) electrons. The van der Waals surface area contributed by atoms with Gasteiger partial charge < -0.3 is 5.73 Å². The second-order valence-corrected chi connectivity index (χ2v) is 4.81. The molecule has 1 nitrogen and oxygen atoms in total. The molecule has 0 unspecified atom stereocenters. The maximum Gasteiger partial charge on any atom is 0.0392 e. The molecule has 2 rings (SSSR count). The number of aryl methyl sites for hydroxylation is 2. The van der Waals surface area contributed by atoms with Gasteiger partial charge in [-0.2, -0.15) is 11.8 Å². The normalized spacial score (nSPS) is 21.3. The van der Waals surface area contributed by atoms with Gasteiger partial charge in [-0.25, -0.2) is 0 Å². The number of rotatable bonds is 0. The van der Waals surface area contributed by atoms with Crippen LogP contribution in [-0.4, -0.2) is 5.75 Å². The molecule has 1 atom stereocenters. The highest BCUT2D eigenvalue weighted by Gasteiger charge is 2.18. The van der Waals surface area contributed by atoms with E-state index in [0.29, 0.717) is 0 Å². The minimum absolute atomic E-state index is 0.245. The molecule has 2 N–H and O–H groups in total. The molecule has 2 heteroatoms. The van der Waals surface area contributed by atoms with Crippen LogP contribution in [0.25, 0.3) is 0 Å². The summed E-state index contributed by atoms with van der Waals surface area (Å²) in [6.07, 6.45) is 0. The number of nitrogens with two attached hydrogens (primary N) is 1. The molecule has 1 aliphatic heterocycles. The third-order valence-corrected chi connectivity index (χ3v) is 3.65. The summed E-state index contributed by atoms with van der Waals surface area (Å²) < 4.78 is 0. The Balaban J connectivity index is 2.56. The molecule has 0 saturated carbocycles.